The second-order valence-electron chi connectivity index (χ2n) is 6.26. The standard InChI is InChI=1S/C18H27BrO2/c1-4-9-20-16-8-6-15(12-19)18(11-16)21-17-7-5-13(2)14(3)10-17/h6,8,11,13-14,17H,4-5,7,9-10,12H2,1-3H3. The highest BCUT2D eigenvalue weighted by atomic mass is 79.9. The van der Waals surface area contributed by atoms with E-state index in [-0.39, 0.29) is 0 Å². The van der Waals surface area contributed by atoms with E-state index in [0.717, 1.165) is 54.5 Å². The quantitative estimate of drug-likeness (QED) is 0.621. The third kappa shape index (κ3) is 4.64. The van der Waals surface area contributed by atoms with Crippen molar-refractivity contribution in [2.45, 2.75) is 57.9 Å². The van der Waals surface area contributed by atoms with E-state index >= 15 is 0 Å². The van der Waals surface area contributed by atoms with Crippen molar-refractivity contribution in [2.75, 3.05) is 6.61 Å². The first-order chi connectivity index (χ1) is 10.1. The number of benzene rings is 1. The van der Waals surface area contributed by atoms with Gasteiger partial charge in [0.1, 0.15) is 11.5 Å². The molecule has 0 saturated heterocycles. The Morgan fingerprint density at radius 1 is 1.19 bits per heavy atom. The number of rotatable bonds is 6. The lowest BCUT2D eigenvalue weighted by Gasteiger charge is -2.32. The monoisotopic (exact) mass is 354 g/mol. The van der Waals surface area contributed by atoms with Crippen molar-refractivity contribution < 1.29 is 9.47 Å². The first kappa shape index (κ1) is 16.7. The summed E-state index contributed by atoms with van der Waals surface area (Å²) >= 11 is 3.55. The lowest BCUT2D eigenvalue weighted by molar-refractivity contribution is 0.0996. The van der Waals surface area contributed by atoms with E-state index in [1.807, 2.05) is 6.07 Å². The van der Waals surface area contributed by atoms with Gasteiger partial charge in [-0.3, -0.25) is 0 Å². The maximum absolute atomic E-state index is 6.31. The smallest absolute Gasteiger partial charge is 0.127 e. The summed E-state index contributed by atoms with van der Waals surface area (Å²) in [5.41, 5.74) is 1.20. The minimum Gasteiger partial charge on any atom is -0.493 e. The van der Waals surface area contributed by atoms with E-state index in [1.165, 1.54) is 12.0 Å². The molecule has 118 valence electrons. The predicted octanol–water partition coefficient (Wildman–Crippen LogP) is 5.57. The van der Waals surface area contributed by atoms with Crippen LogP contribution in [0.3, 0.4) is 0 Å². The summed E-state index contributed by atoms with van der Waals surface area (Å²) in [4.78, 5) is 0. The molecule has 1 aliphatic carbocycles. The van der Waals surface area contributed by atoms with E-state index in [9.17, 15) is 0 Å². The molecular weight excluding hydrogens is 328 g/mol. The molecule has 0 heterocycles. The van der Waals surface area contributed by atoms with Gasteiger partial charge < -0.3 is 9.47 Å². The van der Waals surface area contributed by atoms with Gasteiger partial charge in [-0.15, -0.1) is 0 Å². The zero-order valence-electron chi connectivity index (χ0n) is 13.4. The molecular formula is C18H27BrO2. The van der Waals surface area contributed by atoms with Crippen molar-refractivity contribution in [3.8, 4) is 11.5 Å². The largest absolute Gasteiger partial charge is 0.493 e. The van der Waals surface area contributed by atoms with Gasteiger partial charge in [-0.1, -0.05) is 42.8 Å². The Balaban J connectivity index is 2.06. The van der Waals surface area contributed by atoms with Gasteiger partial charge in [-0.2, -0.15) is 0 Å². The Morgan fingerprint density at radius 3 is 2.67 bits per heavy atom. The Labute approximate surface area is 137 Å². The lowest BCUT2D eigenvalue weighted by Crippen LogP contribution is -2.29. The molecule has 0 amide bonds. The second kappa shape index (κ2) is 8.07. The van der Waals surface area contributed by atoms with Gasteiger partial charge in [0, 0.05) is 17.0 Å². The molecule has 2 nitrogen and oxygen atoms in total. The fraction of sp³-hybridized carbons (Fsp3) is 0.667. The molecule has 3 unspecified atom stereocenters. The van der Waals surface area contributed by atoms with E-state index in [0.29, 0.717) is 6.10 Å². The molecule has 3 atom stereocenters. The molecule has 0 radical (unpaired) electrons. The number of ether oxygens (including phenoxy) is 2. The van der Waals surface area contributed by atoms with Crippen molar-refractivity contribution >= 4 is 15.9 Å². The summed E-state index contributed by atoms with van der Waals surface area (Å²) in [6, 6.07) is 6.18. The Kier molecular flexibility index (Phi) is 6.40. The van der Waals surface area contributed by atoms with Crippen molar-refractivity contribution in [3.63, 3.8) is 0 Å². The molecule has 1 saturated carbocycles. The predicted molar refractivity (Wildman–Crippen MR) is 91.5 cm³/mol. The highest BCUT2D eigenvalue weighted by Gasteiger charge is 2.26. The van der Waals surface area contributed by atoms with Gasteiger partial charge in [0.05, 0.1) is 12.7 Å². The van der Waals surface area contributed by atoms with Gasteiger partial charge in [0.2, 0.25) is 0 Å². The van der Waals surface area contributed by atoms with Crippen LogP contribution < -0.4 is 9.47 Å². The molecule has 1 aromatic carbocycles. The average molecular weight is 355 g/mol. The van der Waals surface area contributed by atoms with Gasteiger partial charge in [0.15, 0.2) is 0 Å². The van der Waals surface area contributed by atoms with Crippen LogP contribution in [0.2, 0.25) is 0 Å². The Bertz CT molecular complexity index is 447. The zero-order chi connectivity index (χ0) is 15.2. The molecule has 3 heteroatoms. The average Bonchev–Trinajstić information content (AvgIpc) is 2.49. The van der Waals surface area contributed by atoms with Crippen LogP contribution in [-0.4, -0.2) is 12.7 Å². The maximum atomic E-state index is 6.31. The summed E-state index contributed by atoms with van der Waals surface area (Å²) in [7, 11) is 0. The molecule has 21 heavy (non-hydrogen) atoms. The lowest BCUT2D eigenvalue weighted by atomic mass is 9.80. The Hall–Kier alpha value is -0.700. The van der Waals surface area contributed by atoms with Crippen LogP contribution in [0.25, 0.3) is 0 Å². The normalized spacial score (nSPS) is 25.6. The van der Waals surface area contributed by atoms with E-state index in [4.69, 9.17) is 9.47 Å². The number of hydrogen-bond donors (Lipinski definition) is 0. The summed E-state index contributed by atoms with van der Waals surface area (Å²) in [6.45, 7) is 7.57. The van der Waals surface area contributed by atoms with Crippen LogP contribution in [0.4, 0.5) is 0 Å². The summed E-state index contributed by atoms with van der Waals surface area (Å²) in [6.07, 6.45) is 4.95. The van der Waals surface area contributed by atoms with Crippen molar-refractivity contribution in [1.29, 1.82) is 0 Å². The summed E-state index contributed by atoms with van der Waals surface area (Å²) in [5, 5.41) is 0.815. The third-order valence-corrected chi connectivity index (χ3v) is 5.10. The molecule has 0 bridgehead atoms. The van der Waals surface area contributed by atoms with Crippen LogP contribution in [0, 0.1) is 11.8 Å². The fourth-order valence-electron chi connectivity index (χ4n) is 2.85. The van der Waals surface area contributed by atoms with Gasteiger partial charge in [-0.25, -0.2) is 0 Å². The van der Waals surface area contributed by atoms with E-state index < -0.39 is 0 Å². The third-order valence-electron chi connectivity index (χ3n) is 4.50. The second-order valence-corrected chi connectivity index (χ2v) is 6.82. The SMILES string of the molecule is CCCOc1ccc(CBr)c(OC2CCC(C)C(C)C2)c1. The van der Waals surface area contributed by atoms with Crippen LogP contribution in [0.5, 0.6) is 11.5 Å². The summed E-state index contributed by atoms with van der Waals surface area (Å²) < 4.78 is 12.0. The van der Waals surface area contributed by atoms with Crippen LogP contribution in [0.15, 0.2) is 18.2 Å². The molecule has 2 rings (SSSR count). The highest BCUT2D eigenvalue weighted by Crippen LogP contribution is 2.34. The fourth-order valence-corrected chi connectivity index (χ4v) is 3.31. The molecule has 1 aliphatic rings. The first-order valence-corrected chi connectivity index (χ1v) is 9.24. The maximum Gasteiger partial charge on any atom is 0.127 e. The minimum absolute atomic E-state index is 0.343. The van der Waals surface area contributed by atoms with Crippen LogP contribution in [-0.2, 0) is 5.33 Å². The topological polar surface area (TPSA) is 18.5 Å². The van der Waals surface area contributed by atoms with Crippen molar-refractivity contribution in [2.24, 2.45) is 11.8 Å². The number of alkyl halides is 1. The van der Waals surface area contributed by atoms with Gasteiger partial charge in [0.25, 0.3) is 0 Å². The van der Waals surface area contributed by atoms with Gasteiger partial charge >= 0.3 is 0 Å². The molecule has 0 N–H and O–H groups in total. The molecule has 1 fully saturated rings. The highest BCUT2D eigenvalue weighted by molar-refractivity contribution is 9.08. The Morgan fingerprint density at radius 2 is 2.00 bits per heavy atom. The van der Waals surface area contributed by atoms with Gasteiger partial charge in [-0.05, 0) is 43.6 Å². The van der Waals surface area contributed by atoms with Crippen LogP contribution >= 0.6 is 15.9 Å². The first-order valence-electron chi connectivity index (χ1n) is 8.12. The van der Waals surface area contributed by atoms with E-state index in [1.54, 1.807) is 0 Å². The number of halogens is 1. The van der Waals surface area contributed by atoms with Crippen LogP contribution in [0.1, 0.15) is 52.0 Å². The molecule has 1 aromatic rings. The van der Waals surface area contributed by atoms with Crippen molar-refractivity contribution in [1.82, 2.24) is 0 Å². The zero-order valence-corrected chi connectivity index (χ0v) is 15.0. The number of hydrogen-bond acceptors (Lipinski definition) is 2. The minimum atomic E-state index is 0.343. The van der Waals surface area contributed by atoms with Crippen molar-refractivity contribution in [3.05, 3.63) is 23.8 Å². The molecule has 0 aromatic heterocycles. The van der Waals surface area contributed by atoms with E-state index in [2.05, 4.69) is 48.8 Å². The molecule has 0 spiro atoms. The molecule has 0 aliphatic heterocycles. The summed E-state index contributed by atoms with van der Waals surface area (Å²) in [5.74, 6) is 3.46.